The zero-order chi connectivity index (χ0) is 19.3. The maximum atomic E-state index is 13.1. The van der Waals surface area contributed by atoms with Gasteiger partial charge in [0.15, 0.2) is 0 Å². The van der Waals surface area contributed by atoms with Crippen LogP contribution in [0.15, 0.2) is 48.5 Å². The molecule has 0 fully saturated rings. The van der Waals surface area contributed by atoms with Crippen LogP contribution < -0.4 is 5.32 Å². The summed E-state index contributed by atoms with van der Waals surface area (Å²) in [6.45, 7) is 0. The molecular weight excluding hydrogens is 354 g/mol. The van der Waals surface area contributed by atoms with Gasteiger partial charge in [0.25, 0.3) is 5.91 Å². The van der Waals surface area contributed by atoms with Crippen LogP contribution in [0, 0.1) is 5.82 Å². The molecule has 1 N–H and O–H groups in total. The van der Waals surface area contributed by atoms with Crippen molar-refractivity contribution in [3.8, 4) is 0 Å². The third-order valence-corrected chi connectivity index (χ3v) is 3.65. The topological polar surface area (TPSA) is 55.4 Å². The van der Waals surface area contributed by atoms with Gasteiger partial charge in [-0.3, -0.25) is 9.59 Å². The highest BCUT2D eigenvalue weighted by Crippen LogP contribution is 2.29. The molecule has 0 heterocycles. The van der Waals surface area contributed by atoms with Gasteiger partial charge >= 0.3 is 12.1 Å². The number of hydrogen-bond donors (Lipinski definition) is 1. The fraction of sp³-hybridized carbons (Fsp3) is 0.222. The summed E-state index contributed by atoms with van der Waals surface area (Å²) >= 11 is 0. The first-order chi connectivity index (χ1) is 12.2. The smallest absolute Gasteiger partial charge is 0.416 e. The molecule has 4 nitrogen and oxygen atoms in total. The summed E-state index contributed by atoms with van der Waals surface area (Å²) in [7, 11) is 1.18. The van der Waals surface area contributed by atoms with Crippen LogP contribution >= 0.6 is 0 Å². The zero-order valence-corrected chi connectivity index (χ0v) is 13.6. The monoisotopic (exact) mass is 369 g/mol. The lowest BCUT2D eigenvalue weighted by atomic mass is 10.0. The molecule has 1 unspecified atom stereocenters. The SMILES string of the molecule is COC(=O)CC(NC(=O)c1ccc(C(F)(F)F)cc1)c1ccc(F)cc1. The lowest BCUT2D eigenvalue weighted by molar-refractivity contribution is -0.141. The summed E-state index contributed by atoms with van der Waals surface area (Å²) in [5.74, 6) is -1.76. The fourth-order valence-corrected chi connectivity index (χ4v) is 2.25. The molecule has 1 atom stereocenters. The summed E-state index contributed by atoms with van der Waals surface area (Å²) in [6.07, 6.45) is -4.72. The predicted molar refractivity (Wildman–Crippen MR) is 84.7 cm³/mol. The number of amides is 1. The van der Waals surface area contributed by atoms with E-state index >= 15 is 0 Å². The van der Waals surface area contributed by atoms with Gasteiger partial charge in [-0.15, -0.1) is 0 Å². The normalized spacial score (nSPS) is 12.3. The molecule has 0 radical (unpaired) electrons. The van der Waals surface area contributed by atoms with E-state index < -0.39 is 35.5 Å². The van der Waals surface area contributed by atoms with Crippen LogP contribution in [0.2, 0.25) is 0 Å². The second-order valence-corrected chi connectivity index (χ2v) is 5.43. The summed E-state index contributed by atoms with van der Waals surface area (Å²) < 4.78 is 55.4. The van der Waals surface area contributed by atoms with Gasteiger partial charge in [-0.05, 0) is 42.0 Å². The standard InChI is InChI=1S/C18H15F4NO3/c1-26-16(24)10-15(11-4-8-14(19)9-5-11)23-17(25)12-2-6-13(7-3-12)18(20,21)22/h2-9,15H,10H2,1H3,(H,23,25). The molecule has 26 heavy (non-hydrogen) atoms. The number of carbonyl (C=O) groups excluding carboxylic acids is 2. The van der Waals surface area contributed by atoms with Crippen LogP contribution in [0.4, 0.5) is 17.6 Å². The Balaban J connectivity index is 2.20. The maximum absolute atomic E-state index is 13.1. The number of methoxy groups -OCH3 is 1. The van der Waals surface area contributed by atoms with Crippen molar-refractivity contribution in [1.82, 2.24) is 5.32 Å². The van der Waals surface area contributed by atoms with Gasteiger partial charge < -0.3 is 10.1 Å². The van der Waals surface area contributed by atoms with E-state index in [4.69, 9.17) is 0 Å². The number of ether oxygens (including phenoxy) is 1. The van der Waals surface area contributed by atoms with Crippen LogP contribution in [-0.2, 0) is 15.7 Å². The molecule has 2 aromatic rings. The van der Waals surface area contributed by atoms with Crippen LogP contribution in [0.25, 0.3) is 0 Å². The molecule has 2 aromatic carbocycles. The van der Waals surface area contributed by atoms with Gasteiger partial charge in [-0.2, -0.15) is 13.2 Å². The van der Waals surface area contributed by atoms with E-state index in [0.29, 0.717) is 5.56 Å². The average Bonchev–Trinajstić information content (AvgIpc) is 2.61. The van der Waals surface area contributed by atoms with Crippen molar-refractivity contribution in [2.75, 3.05) is 7.11 Å². The number of esters is 1. The molecule has 0 aromatic heterocycles. The van der Waals surface area contributed by atoms with Crippen LogP contribution in [0.3, 0.4) is 0 Å². The molecule has 0 spiro atoms. The molecule has 0 aliphatic rings. The minimum absolute atomic E-state index is 0.00465. The van der Waals surface area contributed by atoms with Gasteiger partial charge in [0.1, 0.15) is 5.82 Å². The Morgan fingerprint density at radius 3 is 2.12 bits per heavy atom. The number of carbonyl (C=O) groups is 2. The van der Waals surface area contributed by atoms with Crippen molar-refractivity contribution in [3.05, 3.63) is 71.0 Å². The van der Waals surface area contributed by atoms with Gasteiger partial charge in [-0.1, -0.05) is 12.1 Å². The van der Waals surface area contributed by atoms with Gasteiger partial charge in [-0.25, -0.2) is 4.39 Å². The van der Waals surface area contributed by atoms with E-state index in [1.807, 2.05) is 0 Å². The second-order valence-electron chi connectivity index (χ2n) is 5.43. The largest absolute Gasteiger partial charge is 0.469 e. The van der Waals surface area contributed by atoms with E-state index in [2.05, 4.69) is 10.1 Å². The highest BCUT2D eigenvalue weighted by atomic mass is 19.4. The Bertz CT molecular complexity index is 771. The van der Waals surface area contributed by atoms with E-state index in [9.17, 15) is 27.2 Å². The molecule has 0 saturated heterocycles. The Kier molecular flexibility index (Phi) is 5.97. The summed E-state index contributed by atoms with van der Waals surface area (Å²) in [4.78, 5) is 23.9. The van der Waals surface area contributed by atoms with Crippen molar-refractivity contribution in [2.24, 2.45) is 0 Å². The quantitative estimate of drug-likeness (QED) is 0.643. The fourth-order valence-electron chi connectivity index (χ4n) is 2.25. The van der Waals surface area contributed by atoms with Gasteiger partial charge in [0.05, 0.1) is 25.1 Å². The molecule has 0 saturated carbocycles. The van der Waals surface area contributed by atoms with Crippen molar-refractivity contribution < 1.29 is 31.9 Å². The molecule has 1 amide bonds. The number of nitrogens with one attached hydrogen (secondary N) is 1. The van der Waals surface area contributed by atoms with E-state index in [0.717, 1.165) is 24.3 Å². The number of halogens is 4. The number of rotatable bonds is 5. The van der Waals surface area contributed by atoms with E-state index in [-0.39, 0.29) is 12.0 Å². The maximum Gasteiger partial charge on any atom is 0.416 e. The number of benzene rings is 2. The summed E-state index contributed by atoms with van der Waals surface area (Å²) in [5, 5.41) is 2.55. The minimum Gasteiger partial charge on any atom is -0.469 e. The Morgan fingerprint density at radius 2 is 1.62 bits per heavy atom. The first-order valence-electron chi connectivity index (χ1n) is 7.51. The number of alkyl halides is 3. The second kappa shape index (κ2) is 7.99. The molecule has 0 aliphatic carbocycles. The molecule has 2 rings (SSSR count). The molecule has 8 heteroatoms. The third-order valence-electron chi connectivity index (χ3n) is 3.65. The molecule has 0 aliphatic heterocycles. The van der Waals surface area contributed by atoms with Gasteiger partial charge in [0, 0.05) is 5.56 Å². The Labute approximate surface area is 146 Å². The third kappa shape index (κ3) is 5.05. The van der Waals surface area contributed by atoms with Crippen molar-refractivity contribution in [1.29, 1.82) is 0 Å². The first kappa shape index (κ1) is 19.4. The average molecular weight is 369 g/mol. The first-order valence-corrected chi connectivity index (χ1v) is 7.51. The van der Waals surface area contributed by atoms with Crippen molar-refractivity contribution in [3.63, 3.8) is 0 Å². The zero-order valence-electron chi connectivity index (χ0n) is 13.6. The molecule has 0 bridgehead atoms. The predicted octanol–water partition coefficient (Wildman–Crippen LogP) is 3.88. The van der Waals surface area contributed by atoms with E-state index in [1.165, 1.54) is 31.4 Å². The Hall–Kier alpha value is -2.90. The van der Waals surface area contributed by atoms with Crippen LogP contribution in [0.1, 0.15) is 33.9 Å². The van der Waals surface area contributed by atoms with Crippen molar-refractivity contribution >= 4 is 11.9 Å². The molecule has 138 valence electrons. The molecular formula is C18H15F4NO3. The van der Waals surface area contributed by atoms with Crippen LogP contribution in [-0.4, -0.2) is 19.0 Å². The van der Waals surface area contributed by atoms with Gasteiger partial charge in [0.2, 0.25) is 0 Å². The lowest BCUT2D eigenvalue weighted by Crippen LogP contribution is -2.30. The minimum atomic E-state index is -4.50. The highest BCUT2D eigenvalue weighted by molar-refractivity contribution is 5.94. The number of hydrogen-bond acceptors (Lipinski definition) is 3. The highest BCUT2D eigenvalue weighted by Gasteiger charge is 2.30. The lowest BCUT2D eigenvalue weighted by Gasteiger charge is -2.18. The Morgan fingerprint density at radius 1 is 1.04 bits per heavy atom. The summed E-state index contributed by atoms with van der Waals surface area (Å²) in [6, 6.07) is 7.98. The van der Waals surface area contributed by atoms with Crippen LogP contribution in [0.5, 0.6) is 0 Å². The summed E-state index contributed by atoms with van der Waals surface area (Å²) in [5.41, 5.74) is -0.425. The van der Waals surface area contributed by atoms with E-state index in [1.54, 1.807) is 0 Å². The van der Waals surface area contributed by atoms with Crippen molar-refractivity contribution in [2.45, 2.75) is 18.6 Å².